The third kappa shape index (κ3) is 5.26. The van der Waals surface area contributed by atoms with Crippen molar-refractivity contribution in [1.29, 1.82) is 0 Å². The van der Waals surface area contributed by atoms with Gasteiger partial charge in [0.25, 0.3) is 5.91 Å². The Morgan fingerprint density at radius 3 is 2.86 bits per heavy atom. The smallest absolute Gasteiger partial charge is 0.251 e. The molecular formula is C21H19N5O2S. The number of aromatic nitrogens is 4. The molecule has 0 saturated carbocycles. The van der Waals surface area contributed by atoms with Crippen molar-refractivity contribution in [3.05, 3.63) is 94.5 Å². The second-order valence-corrected chi connectivity index (χ2v) is 7.11. The van der Waals surface area contributed by atoms with E-state index >= 15 is 0 Å². The van der Waals surface area contributed by atoms with Crippen LogP contribution in [-0.2, 0) is 19.7 Å². The van der Waals surface area contributed by atoms with Crippen molar-refractivity contribution in [3.63, 3.8) is 0 Å². The summed E-state index contributed by atoms with van der Waals surface area (Å²) in [7, 11) is 0. The second kappa shape index (κ2) is 9.11. The number of nitrogens with one attached hydrogen (secondary N) is 1. The van der Waals surface area contributed by atoms with Gasteiger partial charge in [0.05, 0.1) is 17.7 Å². The number of rotatable bonds is 8. The molecule has 0 bridgehead atoms. The first-order valence-corrected chi connectivity index (χ1v) is 9.99. The van der Waals surface area contributed by atoms with E-state index in [-0.39, 0.29) is 5.91 Å². The van der Waals surface area contributed by atoms with E-state index in [1.807, 2.05) is 35.7 Å². The number of hydrogen-bond acceptors (Lipinski definition) is 6. The summed E-state index contributed by atoms with van der Waals surface area (Å²) in [5.74, 6) is 0.492. The highest BCUT2D eigenvalue weighted by Crippen LogP contribution is 2.16. The minimum absolute atomic E-state index is 0.147. The number of benzene rings is 2. The molecule has 7 nitrogen and oxygen atoms in total. The van der Waals surface area contributed by atoms with E-state index in [4.69, 9.17) is 4.74 Å². The summed E-state index contributed by atoms with van der Waals surface area (Å²) in [6.45, 7) is 1.46. The van der Waals surface area contributed by atoms with Gasteiger partial charge < -0.3 is 10.1 Å². The minimum Gasteiger partial charge on any atom is -0.487 e. The van der Waals surface area contributed by atoms with Crippen molar-refractivity contribution in [2.24, 2.45) is 0 Å². The summed E-state index contributed by atoms with van der Waals surface area (Å²) >= 11 is 1.53. The molecule has 2 aromatic carbocycles. The van der Waals surface area contributed by atoms with E-state index < -0.39 is 0 Å². The summed E-state index contributed by atoms with van der Waals surface area (Å²) < 4.78 is 7.48. The predicted molar refractivity (Wildman–Crippen MR) is 110 cm³/mol. The molecule has 0 radical (unpaired) electrons. The molecule has 4 rings (SSSR count). The molecule has 8 heteroatoms. The summed E-state index contributed by atoms with van der Waals surface area (Å²) in [4.78, 5) is 20.7. The van der Waals surface area contributed by atoms with E-state index in [9.17, 15) is 4.79 Å². The van der Waals surface area contributed by atoms with Gasteiger partial charge in [-0.1, -0.05) is 30.3 Å². The lowest BCUT2D eigenvalue weighted by Gasteiger charge is -2.09. The second-order valence-electron chi connectivity index (χ2n) is 6.39. The summed E-state index contributed by atoms with van der Waals surface area (Å²) in [6.07, 6.45) is 3.19. The van der Waals surface area contributed by atoms with Gasteiger partial charge in [0.15, 0.2) is 0 Å². The monoisotopic (exact) mass is 405 g/mol. The minimum atomic E-state index is -0.147. The molecule has 0 spiro atoms. The molecule has 4 aromatic rings. The SMILES string of the molecule is O=C(NCc1cccc(Cn2cncn2)c1)c1cccc(OCc2cscn2)c1. The molecule has 29 heavy (non-hydrogen) atoms. The Morgan fingerprint density at radius 2 is 2.03 bits per heavy atom. The van der Waals surface area contributed by atoms with Gasteiger partial charge in [0.1, 0.15) is 25.0 Å². The van der Waals surface area contributed by atoms with Gasteiger partial charge in [-0.25, -0.2) is 14.6 Å². The Balaban J connectivity index is 1.34. The van der Waals surface area contributed by atoms with E-state index in [0.717, 1.165) is 16.8 Å². The maximum absolute atomic E-state index is 12.5. The molecule has 0 aliphatic heterocycles. The summed E-state index contributed by atoms with van der Waals surface area (Å²) in [5, 5.41) is 9.01. The van der Waals surface area contributed by atoms with E-state index in [0.29, 0.717) is 31.0 Å². The van der Waals surface area contributed by atoms with Crippen molar-refractivity contribution in [1.82, 2.24) is 25.1 Å². The number of amides is 1. The van der Waals surface area contributed by atoms with E-state index in [2.05, 4.69) is 26.4 Å². The average Bonchev–Trinajstić information content (AvgIpc) is 3.45. The van der Waals surface area contributed by atoms with Gasteiger partial charge in [-0.15, -0.1) is 11.3 Å². The number of carbonyl (C=O) groups is 1. The number of nitrogens with zero attached hydrogens (tertiary/aromatic N) is 4. The number of thiazole rings is 1. The van der Waals surface area contributed by atoms with Crippen LogP contribution in [0.25, 0.3) is 0 Å². The molecule has 0 aliphatic rings. The van der Waals surface area contributed by atoms with Gasteiger partial charge in [-0.05, 0) is 29.3 Å². The molecule has 0 atom stereocenters. The van der Waals surface area contributed by atoms with Crippen LogP contribution in [0.5, 0.6) is 5.75 Å². The van der Waals surface area contributed by atoms with Crippen molar-refractivity contribution in [2.45, 2.75) is 19.7 Å². The standard InChI is InChI=1S/C21H19N5O2S/c27-21(18-5-2-6-20(8-18)28-11-19-12-29-15-24-19)23-9-16-3-1-4-17(7-16)10-26-14-22-13-25-26/h1-8,12-15H,9-11H2,(H,23,27). The Labute approximate surface area is 172 Å². The zero-order valence-corrected chi connectivity index (χ0v) is 16.4. The number of ether oxygens (including phenoxy) is 1. The Bertz CT molecular complexity index is 1060. The zero-order valence-electron chi connectivity index (χ0n) is 15.6. The third-order valence-corrected chi connectivity index (χ3v) is 4.86. The Hall–Kier alpha value is -3.52. The predicted octanol–water partition coefficient (Wildman–Crippen LogP) is 3.29. The van der Waals surface area contributed by atoms with Crippen LogP contribution in [0.2, 0.25) is 0 Å². The maximum atomic E-state index is 12.5. The zero-order chi connectivity index (χ0) is 19.9. The number of hydrogen-bond donors (Lipinski definition) is 1. The normalized spacial score (nSPS) is 10.6. The van der Waals surface area contributed by atoms with Crippen LogP contribution in [0.4, 0.5) is 0 Å². The van der Waals surface area contributed by atoms with Crippen LogP contribution in [0, 0.1) is 0 Å². The fourth-order valence-corrected chi connectivity index (χ4v) is 3.36. The average molecular weight is 405 g/mol. The van der Waals surface area contributed by atoms with Crippen LogP contribution in [0.15, 0.2) is 72.1 Å². The Morgan fingerprint density at radius 1 is 1.14 bits per heavy atom. The summed E-state index contributed by atoms with van der Waals surface area (Å²) in [6, 6.07) is 15.2. The highest BCUT2D eigenvalue weighted by molar-refractivity contribution is 7.07. The van der Waals surface area contributed by atoms with Crippen molar-refractivity contribution >= 4 is 17.2 Å². The van der Waals surface area contributed by atoms with Crippen molar-refractivity contribution in [2.75, 3.05) is 0 Å². The molecule has 0 saturated heterocycles. The first-order valence-electron chi connectivity index (χ1n) is 9.04. The quantitative estimate of drug-likeness (QED) is 0.486. The molecule has 1 N–H and O–H groups in total. The van der Waals surface area contributed by atoms with Gasteiger partial charge in [0, 0.05) is 17.5 Å². The van der Waals surface area contributed by atoms with Crippen LogP contribution < -0.4 is 10.1 Å². The van der Waals surface area contributed by atoms with Crippen molar-refractivity contribution < 1.29 is 9.53 Å². The highest BCUT2D eigenvalue weighted by Gasteiger charge is 2.08. The van der Waals surface area contributed by atoms with E-state index in [1.165, 1.54) is 17.7 Å². The molecule has 146 valence electrons. The van der Waals surface area contributed by atoms with Gasteiger partial charge in [-0.2, -0.15) is 5.10 Å². The van der Waals surface area contributed by atoms with Crippen LogP contribution >= 0.6 is 11.3 Å². The molecule has 0 unspecified atom stereocenters. The fourth-order valence-electron chi connectivity index (χ4n) is 2.82. The molecule has 2 heterocycles. The molecule has 2 aromatic heterocycles. The summed E-state index contributed by atoms with van der Waals surface area (Å²) in [5.41, 5.74) is 5.31. The molecule has 1 amide bonds. The van der Waals surface area contributed by atoms with Crippen LogP contribution in [0.1, 0.15) is 27.2 Å². The lowest BCUT2D eigenvalue weighted by atomic mass is 10.1. The lowest BCUT2D eigenvalue weighted by molar-refractivity contribution is 0.0950. The van der Waals surface area contributed by atoms with Gasteiger partial charge >= 0.3 is 0 Å². The topological polar surface area (TPSA) is 81.9 Å². The molecule has 0 fully saturated rings. The largest absolute Gasteiger partial charge is 0.487 e. The Kier molecular flexibility index (Phi) is 5.92. The van der Waals surface area contributed by atoms with E-state index in [1.54, 1.807) is 28.7 Å². The highest BCUT2D eigenvalue weighted by atomic mass is 32.1. The van der Waals surface area contributed by atoms with Crippen LogP contribution in [0.3, 0.4) is 0 Å². The molecular weight excluding hydrogens is 386 g/mol. The van der Waals surface area contributed by atoms with Gasteiger partial charge in [0.2, 0.25) is 0 Å². The molecule has 0 aliphatic carbocycles. The fraction of sp³-hybridized carbons (Fsp3) is 0.143. The maximum Gasteiger partial charge on any atom is 0.251 e. The van der Waals surface area contributed by atoms with Crippen molar-refractivity contribution in [3.8, 4) is 5.75 Å². The number of carbonyl (C=O) groups excluding carboxylic acids is 1. The lowest BCUT2D eigenvalue weighted by Crippen LogP contribution is -2.22. The van der Waals surface area contributed by atoms with Gasteiger partial charge in [-0.3, -0.25) is 4.79 Å². The van der Waals surface area contributed by atoms with Crippen LogP contribution in [-0.4, -0.2) is 25.7 Å². The first-order chi connectivity index (χ1) is 14.3. The third-order valence-electron chi connectivity index (χ3n) is 4.22. The first kappa shape index (κ1) is 18.8.